The summed E-state index contributed by atoms with van der Waals surface area (Å²) < 4.78 is 21.7. The van der Waals surface area contributed by atoms with Crippen molar-refractivity contribution in [3.8, 4) is 17.4 Å². The molecule has 0 saturated heterocycles. The molecule has 8 nitrogen and oxygen atoms in total. The Balaban J connectivity index is 1.63. The van der Waals surface area contributed by atoms with Crippen LogP contribution >= 0.6 is 0 Å². The van der Waals surface area contributed by atoms with Crippen LogP contribution in [-0.2, 0) is 17.8 Å². The van der Waals surface area contributed by atoms with Crippen LogP contribution in [-0.4, -0.2) is 43.3 Å². The standard InChI is InChI=1S/C24H25N3O5/c1-4-31-23(28)20-14-25-24(27-11-10-17-13-19(30-3)8-9-21(17)27)26-22(20)32-15-16-6-5-7-18(12-16)29-2/h5-9,12-14H,4,10-11,15H2,1-3H3. The number of esters is 1. The lowest BCUT2D eigenvalue weighted by Crippen LogP contribution is -2.18. The molecule has 0 fully saturated rings. The lowest BCUT2D eigenvalue weighted by atomic mass is 10.1. The van der Waals surface area contributed by atoms with E-state index in [1.165, 1.54) is 6.20 Å². The third-order valence-corrected chi connectivity index (χ3v) is 5.17. The smallest absolute Gasteiger partial charge is 0.345 e. The summed E-state index contributed by atoms with van der Waals surface area (Å²) in [6.07, 6.45) is 2.30. The van der Waals surface area contributed by atoms with Crippen molar-refractivity contribution in [2.75, 3.05) is 32.3 Å². The number of fused-ring (bicyclic) bond motifs is 1. The van der Waals surface area contributed by atoms with Crippen LogP contribution < -0.4 is 19.1 Å². The van der Waals surface area contributed by atoms with Crippen molar-refractivity contribution < 1.29 is 23.7 Å². The van der Waals surface area contributed by atoms with Crippen LogP contribution in [0.5, 0.6) is 17.4 Å². The number of aromatic nitrogens is 2. The van der Waals surface area contributed by atoms with Gasteiger partial charge in [-0.25, -0.2) is 9.78 Å². The molecule has 1 aliphatic heterocycles. The molecule has 8 heteroatoms. The molecule has 0 bridgehead atoms. The molecular weight excluding hydrogens is 410 g/mol. The Kier molecular flexibility index (Phi) is 6.39. The van der Waals surface area contributed by atoms with Gasteiger partial charge in [0.05, 0.1) is 27.0 Å². The van der Waals surface area contributed by atoms with Gasteiger partial charge >= 0.3 is 5.97 Å². The van der Waals surface area contributed by atoms with E-state index in [-0.39, 0.29) is 24.7 Å². The average Bonchev–Trinajstić information content (AvgIpc) is 3.26. The summed E-state index contributed by atoms with van der Waals surface area (Å²) in [5.41, 5.74) is 3.24. The van der Waals surface area contributed by atoms with Gasteiger partial charge in [0.2, 0.25) is 11.8 Å². The SMILES string of the molecule is CCOC(=O)c1cnc(N2CCc3cc(OC)ccc32)nc1OCc1cccc(OC)c1. The van der Waals surface area contributed by atoms with E-state index < -0.39 is 5.97 Å². The Bertz CT molecular complexity index is 1120. The van der Waals surface area contributed by atoms with Gasteiger partial charge in [0, 0.05) is 12.2 Å². The van der Waals surface area contributed by atoms with Gasteiger partial charge in [0.25, 0.3) is 0 Å². The van der Waals surface area contributed by atoms with Crippen LogP contribution in [0.1, 0.15) is 28.4 Å². The zero-order chi connectivity index (χ0) is 22.5. The van der Waals surface area contributed by atoms with Crippen molar-refractivity contribution in [2.45, 2.75) is 20.0 Å². The molecule has 1 aromatic heterocycles. The van der Waals surface area contributed by atoms with Gasteiger partial charge in [-0.15, -0.1) is 0 Å². The van der Waals surface area contributed by atoms with E-state index >= 15 is 0 Å². The summed E-state index contributed by atoms with van der Waals surface area (Å²) in [5.74, 6) is 1.66. The average molecular weight is 435 g/mol. The fraction of sp³-hybridized carbons (Fsp3) is 0.292. The summed E-state index contributed by atoms with van der Waals surface area (Å²) in [7, 11) is 3.26. The predicted octanol–water partition coefficient (Wildman–Crippen LogP) is 3.94. The molecule has 0 atom stereocenters. The van der Waals surface area contributed by atoms with Crippen LogP contribution in [0.4, 0.5) is 11.6 Å². The van der Waals surface area contributed by atoms with Crippen molar-refractivity contribution in [1.29, 1.82) is 0 Å². The number of rotatable bonds is 8. The minimum atomic E-state index is -0.522. The van der Waals surface area contributed by atoms with Gasteiger partial charge in [-0.1, -0.05) is 12.1 Å². The maximum atomic E-state index is 12.4. The number of ether oxygens (including phenoxy) is 4. The number of benzene rings is 2. The van der Waals surface area contributed by atoms with Gasteiger partial charge in [-0.05, 0) is 54.8 Å². The van der Waals surface area contributed by atoms with E-state index in [9.17, 15) is 4.79 Å². The highest BCUT2D eigenvalue weighted by molar-refractivity contribution is 5.91. The second-order valence-corrected chi connectivity index (χ2v) is 7.15. The maximum absolute atomic E-state index is 12.4. The maximum Gasteiger partial charge on any atom is 0.345 e. The number of anilines is 2. The van der Waals surface area contributed by atoms with Crippen molar-refractivity contribution in [1.82, 2.24) is 9.97 Å². The van der Waals surface area contributed by atoms with Crippen molar-refractivity contribution in [3.05, 3.63) is 65.4 Å². The largest absolute Gasteiger partial charge is 0.497 e. The molecule has 166 valence electrons. The number of hydrogen-bond acceptors (Lipinski definition) is 8. The van der Waals surface area contributed by atoms with Crippen molar-refractivity contribution in [2.24, 2.45) is 0 Å². The molecule has 2 aromatic carbocycles. The molecule has 3 aromatic rings. The predicted molar refractivity (Wildman–Crippen MR) is 119 cm³/mol. The van der Waals surface area contributed by atoms with E-state index in [2.05, 4.69) is 9.97 Å². The van der Waals surface area contributed by atoms with Gasteiger partial charge in [-0.3, -0.25) is 0 Å². The number of carbonyl (C=O) groups excluding carboxylic acids is 1. The molecule has 0 amide bonds. The highest BCUT2D eigenvalue weighted by Gasteiger charge is 2.25. The Morgan fingerprint density at radius 1 is 1.09 bits per heavy atom. The monoisotopic (exact) mass is 435 g/mol. The number of methoxy groups -OCH3 is 2. The van der Waals surface area contributed by atoms with Crippen LogP contribution in [0.3, 0.4) is 0 Å². The fourth-order valence-electron chi connectivity index (χ4n) is 3.57. The Morgan fingerprint density at radius 3 is 2.69 bits per heavy atom. The summed E-state index contributed by atoms with van der Waals surface area (Å²) in [4.78, 5) is 23.5. The van der Waals surface area contributed by atoms with Crippen LogP contribution in [0.2, 0.25) is 0 Å². The second-order valence-electron chi connectivity index (χ2n) is 7.15. The van der Waals surface area contributed by atoms with Crippen LogP contribution in [0.15, 0.2) is 48.7 Å². The Morgan fingerprint density at radius 2 is 1.91 bits per heavy atom. The van der Waals surface area contributed by atoms with Crippen molar-refractivity contribution in [3.63, 3.8) is 0 Å². The van der Waals surface area contributed by atoms with E-state index in [0.29, 0.717) is 5.95 Å². The molecule has 0 saturated carbocycles. The lowest BCUT2D eigenvalue weighted by molar-refractivity contribution is 0.0519. The number of nitrogens with zero attached hydrogens (tertiary/aromatic N) is 3. The van der Waals surface area contributed by atoms with Crippen molar-refractivity contribution >= 4 is 17.6 Å². The lowest BCUT2D eigenvalue weighted by Gasteiger charge is -2.19. The van der Waals surface area contributed by atoms with E-state index in [4.69, 9.17) is 18.9 Å². The first-order chi connectivity index (χ1) is 15.6. The van der Waals surface area contributed by atoms with Crippen LogP contribution in [0.25, 0.3) is 0 Å². The summed E-state index contributed by atoms with van der Waals surface area (Å²) in [5, 5.41) is 0. The minimum Gasteiger partial charge on any atom is -0.497 e. The molecule has 0 radical (unpaired) electrons. The van der Waals surface area contributed by atoms with E-state index in [1.807, 2.05) is 47.4 Å². The third kappa shape index (κ3) is 4.44. The number of carbonyl (C=O) groups is 1. The quantitative estimate of drug-likeness (QED) is 0.492. The van der Waals surface area contributed by atoms with Gasteiger partial charge < -0.3 is 23.8 Å². The molecule has 1 aliphatic rings. The summed E-state index contributed by atoms with van der Waals surface area (Å²) >= 11 is 0. The zero-order valence-corrected chi connectivity index (χ0v) is 18.3. The molecule has 0 N–H and O–H groups in total. The molecule has 32 heavy (non-hydrogen) atoms. The highest BCUT2D eigenvalue weighted by atomic mass is 16.5. The first-order valence-electron chi connectivity index (χ1n) is 10.4. The Labute approximate surface area is 186 Å². The molecule has 0 unspecified atom stereocenters. The molecule has 0 aliphatic carbocycles. The zero-order valence-electron chi connectivity index (χ0n) is 18.3. The van der Waals surface area contributed by atoms with E-state index in [0.717, 1.165) is 41.3 Å². The van der Waals surface area contributed by atoms with Gasteiger partial charge in [0.1, 0.15) is 23.7 Å². The molecular formula is C24H25N3O5. The topological polar surface area (TPSA) is 83.0 Å². The number of hydrogen-bond donors (Lipinski definition) is 0. The van der Waals surface area contributed by atoms with Crippen LogP contribution in [0, 0.1) is 0 Å². The molecule has 2 heterocycles. The summed E-state index contributed by atoms with van der Waals surface area (Å²) in [6.45, 7) is 2.93. The third-order valence-electron chi connectivity index (χ3n) is 5.17. The molecule has 0 spiro atoms. The highest BCUT2D eigenvalue weighted by Crippen LogP contribution is 2.36. The van der Waals surface area contributed by atoms with E-state index in [1.54, 1.807) is 21.1 Å². The van der Waals surface area contributed by atoms with Gasteiger partial charge in [-0.2, -0.15) is 4.98 Å². The Hall–Kier alpha value is -3.81. The normalized spacial score (nSPS) is 12.3. The summed E-state index contributed by atoms with van der Waals surface area (Å²) in [6, 6.07) is 13.4. The molecule has 4 rings (SSSR count). The second kappa shape index (κ2) is 9.55. The van der Waals surface area contributed by atoms with Gasteiger partial charge in [0.15, 0.2) is 0 Å². The minimum absolute atomic E-state index is 0.179. The first-order valence-corrected chi connectivity index (χ1v) is 10.4. The fourth-order valence-corrected chi connectivity index (χ4v) is 3.57. The first kappa shape index (κ1) is 21.4.